The van der Waals surface area contributed by atoms with Crippen molar-refractivity contribution < 1.29 is 4.74 Å². The first-order chi connectivity index (χ1) is 9.42. The molecule has 104 valence electrons. The number of likely N-dealkylation sites (tertiary alicyclic amines) is 1. The fourth-order valence-electron chi connectivity index (χ4n) is 2.86. The van der Waals surface area contributed by atoms with Crippen LogP contribution in [0.5, 0.6) is 5.75 Å². The Morgan fingerprint density at radius 3 is 2.79 bits per heavy atom. The minimum absolute atomic E-state index is 0.753. The summed E-state index contributed by atoms with van der Waals surface area (Å²) in [6.45, 7) is 5.45. The van der Waals surface area contributed by atoms with E-state index in [0.717, 1.165) is 37.4 Å². The molecule has 0 bridgehead atoms. The van der Waals surface area contributed by atoms with Gasteiger partial charge >= 0.3 is 0 Å². The van der Waals surface area contributed by atoms with Gasteiger partial charge in [0, 0.05) is 19.1 Å². The lowest BCUT2D eigenvalue weighted by atomic mass is 10.1. The van der Waals surface area contributed by atoms with Gasteiger partial charge in [0.2, 0.25) is 0 Å². The van der Waals surface area contributed by atoms with Gasteiger partial charge in [-0.05, 0) is 50.4 Å². The molecule has 3 nitrogen and oxygen atoms in total. The van der Waals surface area contributed by atoms with E-state index in [-0.39, 0.29) is 0 Å². The van der Waals surface area contributed by atoms with Crippen LogP contribution in [0, 0.1) is 5.92 Å². The molecule has 1 aliphatic carbocycles. The van der Waals surface area contributed by atoms with E-state index >= 15 is 0 Å². The predicted octanol–water partition coefficient (Wildman–Crippen LogP) is 2.14. The number of hydrogen-bond donors (Lipinski definition) is 1. The maximum absolute atomic E-state index is 5.67. The fraction of sp³-hybridized carbons (Fsp3) is 0.625. The zero-order valence-electron chi connectivity index (χ0n) is 11.6. The SMILES string of the molecule is c1ccc(OCCNCC2CCN(C3CC3)C2)cc1. The molecule has 2 aliphatic rings. The number of para-hydroxylation sites is 1. The summed E-state index contributed by atoms with van der Waals surface area (Å²) in [5.74, 6) is 1.81. The molecule has 1 aliphatic heterocycles. The summed E-state index contributed by atoms with van der Waals surface area (Å²) >= 11 is 0. The molecule has 1 saturated heterocycles. The number of benzene rings is 1. The van der Waals surface area contributed by atoms with Crippen LogP contribution in [0.4, 0.5) is 0 Å². The van der Waals surface area contributed by atoms with Crippen LogP contribution in [0.2, 0.25) is 0 Å². The standard InChI is InChI=1S/C16H24N2O/c1-2-4-16(5-3-1)19-11-9-17-12-14-8-10-18(13-14)15-6-7-15/h1-5,14-15,17H,6-13H2. The lowest BCUT2D eigenvalue weighted by molar-refractivity contribution is 0.297. The summed E-state index contributed by atoms with van der Waals surface area (Å²) in [6.07, 6.45) is 4.24. The molecule has 1 unspecified atom stereocenters. The second-order valence-electron chi connectivity index (χ2n) is 5.75. The zero-order valence-corrected chi connectivity index (χ0v) is 11.6. The second-order valence-corrected chi connectivity index (χ2v) is 5.75. The highest BCUT2D eigenvalue weighted by Gasteiger charge is 2.33. The first kappa shape index (κ1) is 12.9. The highest BCUT2D eigenvalue weighted by Crippen LogP contribution is 2.31. The van der Waals surface area contributed by atoms with E-state index in [1.54, 1.807) is 0 Å². The highest BCUT2D eigenvalue weighted by molar-refractivity contribution is 5.20. The van der Waals surface area contributed by atoms with E-state index < -0.39 is 0 Å². The van der Waals surface area contributed by atoms with Crippen molar-refractivity contribution in [3.05, 3.63) is 30.3 Å². The van der Waals surface area contributed by atoms with Crippen molar-refractivity contribution in [1.82, 2.24) is 10.2 Å². The summed E-state index contributed by atoms with van der Waals surface area (Å²) in [6, 6.07) is 11.0. The lowest BCUT2D eigenvalue weighted by Gasteiger charge is -2.15. The highest BCUT2D eigenvalue weighted by atomic mass is 16.5. The zero-order chi connectivity index (χ0) is 12.9. The molecule has 0 spiro atoms. The molecule has 1 aromatic carbocycles. The average molecular weight is 260 g/mol. The maximum Gasteiger partial charge on any atom is 0.119 e. The van der Waals surface area contributed by atoms with Crippen LogP contribution in [0.25, 0.3) is 0 Å². The molecule has 19 heavy (non-hydrogen) atoms. The summed E-state index contributed by atoms with van der Waals surface area (Å²) in [5.41, 5.74) is 0. The van der Waals surface area contributed by atoms with E-state index in [1.165, 1.54) is 32.4 Å². The Bertz CT molecular complexity index is 378. The van der Waals surface area contributed by atoms with Gasteiger partial charge in [0.15, 0.2) is 0 Å². The molecule has 0 aromatic heterocycles. The van der Waals surface area contributed by atoms with E-state index in [9.17, 15) is 0 Å². The number of nitrogens with one attached hydrogen (secondary N) is 1. The van der Waals surface area contributed by atoms with Gasteiger partial charge in [0.05, 0.1) is 0 Å². The largest absolute Gasteiger partial charge is 0.492 e. The summed E-state index contributed by atoms with van der Waals surface area (Å²) in [4.78, 5) is 2.67. The van der Waals surface area contributed by atoms with Crippen molar-refractivity contribution in [2.24, 2.45) is 5.92 Å². The van der Waals surface area contributed by atoms with Crippen LogP contribution in [0.1, 0.15) is 19.3 Å². The van der Waals surface area contributed by atoms with Crippen molar-refractivity contribution in [1.29, 1.82) is 0 Å². The lowest BCUT2D eigenvalue weighted by Crippen LogP contribution is -2.29. The molecule has 0 radical (unpaired) electrons. The van der Waals surface area contributed by atoms with Gasteiger partial charge in [-0.15, -0.1) is 0 Å². The van der Waals surface area contributed by atoms with Gasteiger partial charge in [-0.3, -0.25) is 0 Å². The molecule has 0 amide bonds. The molecule has 1 N–H and O–H groups in total. The first-order valence-electron chi connectivity index (χ1n) is 7.54. The molecule has 1 aromatic rings. The Kier molecular flexibility index (Phi) is 4.36. The molecule has 1 saturated carbocycles. The monoisotopic (exact) mass is 260 g/mol. The van der Waals surface area contributed by atoms with Crippen molar-refractivity contribution in [2.45, 2.75) is 25.3 Å². The van der Waals surface area contributed by atoms with Gasteiger partial charge < -0.3 is 15.0 Å². The minimum atomic E-state index is 0.753. The topological polar surface area (TPSA) is 24.5 Å². The number of hydrogen-bond acceptors (Lipinski definition) is 3. The van der Waals surface area contributed by atoms with Crippen LogP contribution in [0.3, 0.4) is 0 Å². The summed E-state index contributed by atoms with van der Waals surface area (Å²) in [5, 5.41) is 3.53. The molecule has 3 heteroatoms. The summed E-state index contributed by atoms with van der Waals surface area (Å²) < 4.78 is 5.67. The Hall–Kier alpha value is -1.06. The van der Waals surface area contributed by atoms with E-state index in [0.29, 0.717) is 0 Å². The van der Waals surface area contributed by atoms with Crippen LogP contribution in [-0.2, 0) is 0 Å². The van der Waals surface area contributed by atoms with Gasteiger partial charge in [-0.25, -0.2) is 0 Å². The van der Waals surface area contributed by atoms with Crippen molar-refractivity contribution >= 4 is 0 Å². The van der Waals surface area contributed by atoms with Crippen LogP contribution >= 0.6 is 0 Å². The minimum Gasteiger partial charge on any atom is -0.492 e. The average Bonchev–Trinajstić information content (AvgIpc) is 3.20. The Morgan fingerprint density at radius 2 is 2.00 bits per heavy atom. The predicted molar refractivity (Wildman–Crippen MR) is 77.5 cm³/mol. The molecule has 3 rings (SSSR count). The van der Waals surface area contributed by atoms with Crippen molar-refractivity contribution in [2.75, 3.05) is 32.8 Å². The van der Waals surface area contributed by atoms with Gasteiger partial charge in [0.25, 0.3) is 0 Å². The molecule has 2 fully saturated rings. The molecular weight excluding hydrogens is 236 g/mol. The fourth-order valence-corrected chi connectivity index (χ4v) is 2.86. The van der Waals surface area contributed by atoms with E-state index in [1.807, 2.05) is 30.3 Å². The smallest absolute Gasteiger partial charge is 0.119 e. The third-order valence-corrected chi connectivity index (χ3v) is 4.10. The van der Waals surface area contributed by atoms with Gasteiger partial charge in [-0.2, -0.15) is 0 Å². The quantitative estimate of drug-likeness (QED) is 0.760. The van der Waals surface area contributed by atoms with Gasteiger partial charge in [0.1, 0.15) is 12.4 Å². The number of nitrogens with zero attached hydrogens (tertiary/aromatic N) is 1. The van der Waals surface area contributed by atoms with E-state index in [2.05, 4.69) is 10.2 Å². The normalized spacial score (nSPS) is 23.7. The van der Waals surface area contributed by atoms with Crippen molar-refractivity contribution in [3.8, 4) is 5.75 Å². The second kappa shape index (κ2) is 6.40. The van der Waals surface area contributed by atoms with Crippen LogP contribution in [-0.4, -0.2) is 43.7 Å². The maximum atomic E-state index is 5.67. The third kappa shape index (κ3) is 3.95. The summed E-state index contributed by atoms with van der Waals surface area (Å²) in [7, 11) is 0. The number of rotatable bonds is 7. The van der Waals surface area contributed by atoms with E-state index in [4.69, 9.17) is 4.74 Å². The third-order valence-electron chi connectivity index (χ3n) is 4.10. The van der Waals surface area contributed by atoms with Gasteiger partial charge in [-0.1, -0.05) is 18.2 Å². The Morgan fingerprint density at radius 1 is 1.16 bits per heavy atom. The molecule has 1 heterocycles. The van der Waals surface area contributed by atoms with Crippen molar-refractivity contribution in [3.63, 3.8) is 0 Å². The molecular formula is C16H24N2O. The Labute approximate surface area is 115 Å². The Balaban J connectivity index is 1.25. The number of ether oxygens (including phenoxy) is 1. The first-order valence-corrected chi connectivity index (χ1v) is 7.54. The van der Waals surface area contributed by atoms with Crippen LogP contribution in [0.15, 0.2) is 30.3 Å². The van der Waals surface area contributed by atoms with Crippen LogP contribution < -0.4 is 10.1 Å². The molecule has 1 atom stereocenters.